The Labute approximate surface area is 85.7 Å². The molecule has 4 N–H and O–H groups in total. The summed E-state index contributed by atoms with van der Waals surface area (Å²) in [6, 6.07) is 8.04. The molecule has 3 nitrogen and oxygen atoms in total. The van der Waals surface area contributed by atoms with Crippen molar-refractivity contribution >= 4 is 5.69 Å². The number of rotatable bonds is 6. The molecular weight excluding hydrogens is 174 g/mol. The molecule has 0 spiro atoms. The first kappa shape index (κ1) is 11.0. The minimum Gasteiger partial charge on any atom is -0.399 e. The number of hydrogen-bond donors (Lipinski definition) is 3. The van der Waals surface area contributed by atoms with Crippen molar-refractivity contribution in [3.8, 4) is 0 Å². The molecule has 0 saturated heterocycles. The van der Waals surface area contributed by atoms with Gasteiger partial charge in [-0.1, -0.05) is 19.1 Å². The van der Waals surface area contributed by atoms with Crippen LogP contribution in [0.25, 0.3) is 0 Å². The Balaban J connectivity index is 2.15. The summed E-state index contributed by atoms with van der Waals surface area (Å²) < 4.78 is 0. The van der Waals surface area contributed by atoms with Gasteiger partial charge in [-0.2, -0.15) is 0 Å². The Kier molecular flexibility index (Phi) is 5.04. The van der Waals surface area contributed by atoms with Crippen molar-refractivity contribution in [2.45, 2.75) is 13.3 Å². The third-order valence-corrected chi connectivity index (χ3v) is 2.07. The average Bonchev–Trinajstić information content (AvgIpc) is 2.21. The van der Waals surface area contributed by atoms with Gasteiger partial charge in [0, 0.05) is 18.9 Å². The second kappa shape index (κ2) is 6.40. The molecule has 0 bridgehead atoms. The third-order valence-electron chi connectivity index (χ3n) is 2.07. The van der Waals surface area contributed by atoms with Gasteiger partial charge in [-0.25, -0.2) is 0 Å². The Bertz CT molecular complexity index is 243. The lowest BCUT2D eigenvalue weighted by Crippen LogP contribution is -2.30. The summed E-state index contributed by atoms with van der Waals surface area (Å²) in [6.45, 7) is 4.99. The first-order valence-electron chi connectivity index (χ1n) is 5.08. The highest BCUT2D eigenvalue weighted by Crippen LogP contribution is 2.05. The van der Waals surface area contributed by atoms with Crippen molar-refractivity contribution in [3.05, 3.63) is 29.8 Å². The second-order valence-corrected chi connectivity index (χ2v) is 3.27. The molecule has 14 heavy (non-hydrogen) atoms. The van der Waals surface area contributed by atoms with Gasteiger partial charge in [-0.05, 0) is 30.7 Å². The summed E-state index contributed by atoms with van der Waals surface area (Å²) in [4.78, 5) is 0. The highest BCUT2D eigenvalue weighted by molar-refractivity contribution is 5.39. The fraction of sp³-hybridized carbons (Fsp3) is 0.455. The van der Waals surface area contributed by atoms with Crippen LogP contribution < -0.4 is 16.4 Å². The van der Waals surface area contributed by atoms with Gasteiger partial charge in [-0.15, -0.1) is 0 Å². The molecule has 0 atom stereocenters. The molecule has 0 aromatic heterocycles. The SMILES string of the molecule is CCNCNCCc1ccc(N)cc1. The Hall–Kier alpha value is -1.06. The van der Waals surface area contributed by atoms with Crippen molar-refractivity contribution in [3.63, 3.8) is 0 Å². The molecule has 0 radical (unpaired) electrons. The van der Waals surface area contributed by atoms with Crippen molar-refractivity contribution in [1.29, 1.82) is 0 Å². The lowest BCUT2D eigenvalue weighted by Gasteiger charge is -2.05. The van der Waals surface area contributed by atoms with Gasteiger partial charge in [0.2, 0.25) is 0 Å². The monoisotopic (exact) mass is 193 g/mol. The minimum atomic E-state index is 0.828. The second-order valence-electron chi connectivity index (χ2n) is 3.27. The lowest BCUT2D eigenvalue weighted by atomic mass is 10.1. The number of anilines is 1. The molecule has 0 aliphatic rings. The zero-order valence-electron chi connectivity index (χ0n) is 8.72. The Morgan fingerprint density at radius 2 is 1.86 bits per heavy atom. The quantitative estimate of drug-likeness (QED) is 0.358. The maximum Gasteiger partial charge on any atom is 0.0454 e. The van der Waals surface area contributed by atoms with Crippen LogP contribution in [0.15, 0.2) is 24.3 Å². The highest BCUT2D eigenvalue weighted by atomic mass is 15.0. The molecule has 0 aliphatic carbocycles. The summed E-state index contributed by atoms with van der Waals surface area (Å²) in [5.41, 5.74) is 7.75. The molecule has 0 heterocycles. The van der Waals surface area contributed by atoms with Crippen molar-refractivity contribution < 1.29 is 0 Å². The molecule has 0 aliphatic heterocycles. The number of nitrogens with two attached hydrogens (primary N) is 1. The van der Waals surface area contributed by atoms with E-state index in [4.69, 9.17) is 5.73 Å². The fourth-order valence-corrected chi connectivity index (χ4v) is 1.22. The topological polar surface area (TPSA) is 50.1 Å². The highest BCUT2D eigenvalue weighted by Gasteiger charge is 1.91. The van der Waals surface area contributed by atoms with E-state index >= 15 is 0 Å². The zero-order chi connectivity index (χ0) is 10.2. The first-order chi connectivity index (χ1) is 6.83. The van der Waals surface area contributed by atoms with E-state index in [1.165, 1.54) is 5.56 Å². The first-order valence-corrected chi connectivity index (χ1v) is 5.08. The summed E-state index contributed by atoms with van der Waals surface area (Å²) in [5, 5.41) is 6.52. The van der Waals surface area contributed by atoms with Gasteiger partial charge in [0.15, 0.2) is 0 Å². The average molecular weight is 193 g/mol. The van der Waals surface area contributed by atoms with E-state index in [9.17, 15) is 0 Å². The van der Waals surface area contributed by atoms with E-state index in [-0.39, 0.29) is 0 Å². The van der Waals surface area contributed by atoms with Crippen LogP contribution in [0.4, 0.5) is 5.69 Å². The number of nitrogen functional groups attached to an aromatic ring is 1. The Morgan fingerprint density at radius 3 is 2.50 bits per heavy atom. The summed E-state index contributed by atoms with van der Waals surface area (Å²) >= 11 is 0. The molecule has 0 fully saturated rings. The van der Waals surface area contributed by atoms with Crippen molar-refractivity contribution in [2.24, 2.45) is 0 Å². The predicted molar refractivity (Wildman–Crippen MR) is 61.1 cm³/mol. The molecule has 1 rings (SSSR count). The van der Waals surface area contributed by atoms with Gasteiger partial charge in [0.1, 0.15) is 0 Å². The maximum absolute atomic E-state index is 5.60. The molecule has 78 valence electrons. The van der Waals surface area contributed by atoms with Gasteiger partial charge >= 0.3 is 0 Å². The smallest absolute Gasteiger partial charge is 0.0454 e. The van der Waals surface area contributed by atoms with Crippen LogP contribution in [-0.2, 0) is 6.42 Å². The van der Waals surface area contributed by atoms with Gasteiger partial charge < -0.3 is 16.4 Å². The van der Waals surface area contributed by atoms with Gasteiger partial charge in [0.25, 0.3) is 0 Å². The lowest BCUT2D eigenvalue weighted by molar-refractivity contribution is 0.599. The molecule has 0 saturated carbocycles. The van der Waals surface area contributed by atoms with Gasteiger partial charge in [0.05, 0.1) is 0 Å². The summed E-state index contributed by atoms with van der Waals surface area (Å²) in [6.07, 6.45) is 1.05. The minimum absolute atomic E-state index is 0.828. The van der Waals surface area contributed by atoms with Crippen LogP contribution in [-0.4, -0.2) is 19.8 Å². The molecule has 0 unspecified atom stereocenters. The van der Waals surface area contributed by atoms with Crippen LogP contribution in [0, 0.1) is 0 Å². The number of benzene rings is 1. The molecular formula is C11H19N3. The fourth-order valence-electron chi connectivity index (χ4n) is 1.22. The van der Waals surface area contributed by atoms with Crippen LogP contribution in [0.2, 0.25) is 0 Å². The van der Waals surface area contributed by atoms with E-state index in [2.05, 4.69) is 29.7 Å². The van der Waals surface area contributed by atoms with E-state index < -0.39 is 0 Å². The third kappa shape index (κ3) is 4.25. The van der Waals surface area contributed by atoms with Crippen molar-refractivity contribution in [2.75, 3.05) is 25.5 Å². The molecule has 3 heteroatoms. The van der Waals surface area contributed by atoms with Gasteiger partial charge in [-0.3, -0.25) is 0 Å². The molecule has 1 aromatic carbocycles. The van der Waals surface area contributed by atoms with Crippen LogP contribution in [0.1, 0.15) is 12.5 Å². The summed E-state index contributed by atoms with van der Waals surface area (Å²) in [7, 11) is 0. The zero-order valence-corrected chi connectivity index (χ0v) is 8.72. The van der Waals surface area contributed by atoms with E-state index in [0.717, 1.165) is 31.9 Å². The standard InChI is InChI=1S/C11H19N3/c1-2-13-9-14-8-7-10-3-5-11(12)6-4-10/h3-6,13-14H,2,7-9,12H2,1H3. The summed E-state index contributed by atoms with van der Waals surface area (Å²) in [5.74, 6) is 0. The number of hydrogen-bond acceptors (Lipinski definition) is 3. The van der Waals surface area contributed by atoms with Crippen LogP contribution >= 0.6 is 0 Å². The van der Waals surface area contributed by atoms with Crippen LogP contribution in [0.3, 0.4) is 0 Å². The van der Waals surface area contributed by atoms with Crippen molar-refractivity contribution in [1.82, 2.24) is 10.6 Å². The Morgan fingerprint density at radius 1 is 1.14 bits per heavy atom. The molecule has 1 aromatic rings. The van der Waals surface area contributed by atoms with E-state index in [1.807, 2.05) is 12.1 Å². The van der Waals surface area contributed by atoms with E-state index in [1.54, 1.807) is 0 Å². The van der Waals surface area contributed by atoms with E-state index in [0.29, 0.717) is 0 Å². The molecule has 0 amide bonds. The normalized spacial score (nSPS) is 10.4. The maximum atomic E-state index is 5.60. The van der Waals surface area contributed by atoms with Crippen LogP contribution in [0.5, 0.6) is 0 Å². The number of nitrogens with one attached hydrogen (secondary N) is 2. The largest absolute Gasteiger partial charge is 0.399 e. The predicted octanol–water partition coefficient (Wildman–Crippen LogP) is 0.968.